The Morgan fingerprint density at radius 2 is 1.58 bits per heavy atom. The van der Waals surface area contributed by atoms with Crippen LogP contribution >= 0.6 is 0 Å². The van der Waals surface area contributed by atoms with Crippen LogP contribution in [0.1, 0.15) is 13.8 Å². The molecule has 0 unspecified atom stereocenters. The van der Waals surface area contributed by atoms with Gasteiger partial charge < -0.3 is 20.1 Å². The Hall–Kier alpha value is -2.83. The van der Waals surface area contributed by atoms with Gasteiger partial charge in [0.25, 0.3) is 0 Å². The molecule has 0 saturated carbocycles. The first-order valence-corrected chi connectivity index (χ1v) is 7.32. The number of alkyl halides is 2. The SMILES string of the molecule is CC(C)Oc1ccc(NC(=O)Nc2cccc(OC(F)F)c2)cc1. The second-order valence-corrected chi connectivity index (χ2v) is 5.18. The monoisotopic (exact) mass is 336 g/mol. The zero-order chi connectivity index (χ0) is 17.5. The smallest absolute Gasteiger partial charge is 0.387 e. The molecule has 0 aliphatic carbocycles. The van der Waals surface area contributed by atoms with Crippen molar-refractivity contribution in [2.45, 2.75) is 26.6 Å². The predicted molar refractivity (Wildman–Crippen MR) is 87.9 cm³/mol. The number of benzene rings is 2. The number of hydrogen-bond acceptors (Lipinski definition) is 3. The summed E-state index contributed by atoms with van der Waals surface area (Å²) < 4.78 is 34.2. The van der Waals surface area contributed by atoms with E-state index in [9.17, 15) is 13.6 Å². The first-order chi connectivity index (χ1) is 11.4. The average molecular weight is 336 g/mol. The number of carbonyl (C=O) groups excluding carboxylic acids is 1. The zero-order valence-electron chi connectivity index (χ0n) is 13.3. The lowest BCUT2D eigenvalue weighted by Gasteiger charge is -2.11. The van der Waals surface area contributed by atoms with Crippen LogP contribution in [0.25, 0.3) is 0 Å². The molecule has 0 aliphatic heterocycles. The molecule has 24 heavy (non-hydrogen) atoms. The van der Waals surface area contributed by atoms with E-state index in [2.05, 4.69) is 15.4 Å². The molecule has 2 rings (SSSR count). The lowest BCUT2D eigenvalue weighted by atomic mass is 10.3. The van der Waals surface area contributed by atoms with Crippen molar-refractivity contribution in [2.75, 3.05) is 10.6 Å². The van der Waals surface area contributed by atoms with Crippen LogP contribution in [-0.2, 0) is 0 Å². The first kappa shape index (κ1) is 17.5. The van der Waals surface area contributed by atoms with Gasteiger partial charge in [0.2, 0.25) is 0 Å². The fourth-order valence-corrected chi connectivity index (χ4v) is 1.93. The topological polar surface area (TPSA) is 59.6 Å². The number of amides is 2. The summed E-state index contributed by atoms with van der Waals surface area (Å²) >= 11 is 0. The predicted octanol–water partition coefficient (Wildman–Crippen LogP) is 4.72. The van der Waals surface area contributed by atoms with Crippen molar-refractivity contribution in [3.63, 3.8) is 0 Å². The highest BCUT2D eigenvalue weighted by Gasteiger charge is 2.07. The van der Waals surface area contributed by atoms with Gasteiger partial charge in [0, 0.05) is 17.4 Å². The highest BCUT2D eigenvalue weighted by molar-refractivity contribution is 5.99. The van der Waals surface area contributed by atoms with Crippen molar-refractivity contribution in [3.05, 3.63) is 48.5 Å². The highest BCUT2D eigenvalue weighted by atomic mass is 19.3. The van der Waals surface area contributed by atoms with E-state index in [-0.39, 0.29) is 11.9 Å². The summed E-state index contributed by atoms with van der Waals surface area (Å²) in [5, 5.41) is 5.18. The number of ether oxygens (including phenoxy) is 2. The molecule has 0 radical (unpaired) electrons. The van der Waals surface area contributed by atoms with E-state index in [0.29, 0.717) is 17.1 Å². The van der Waals surface area contributed by atoms with E-state index in [1.807, 2.05) is 13.8 Å². The van der Waals surface area contributed by atoms with Crippen LogP contribution in [0.2, 0.25) is 0 Å². The lowest BCUT2D eigenvalue weighted by molar-refractivity contribution is -0.0497. The molecule has 5 nitrogen and oxygen atoms in total. The summed E-state index contributed by atoms with van der Waals surface area (Å²) in [6.45, 7) is 0.928. The normalized spacial score (nSPS) is 10.6. The summed E-state index contributed by atoms with van der Waals surface area (Å²) in [6.07, 6.45) is 0.0647. The number of hydrogen-bond donors (Lipinski definition) is 2. The van der Waals surface area contributed by atoms with Gasteiger partial charge in [-0.15, -0.1) is 0 Å². The summed E-state index contributed by atoms with van der Waals surface area (Å²) in [7, 11) is 0. The molecule has 0 heterocycles. The van der Waals surface area contributed by atoms with Crippen molar-refractivity contribution in [3.8, 4) is 11.5 Å². The maximum Gasteiger partial charge on any atom is 0.387 e. The van der Waals surface area contributed by atoms with Crippen LogP contribution in [0.3, 0.4) is 0 Å². The highest BCUT2D eigenvalue weighted by Crippen LogP contribution is 2.20. The van der Waals surface area contributed by atoms with E-state index in [1.54, 1.807) is 30.3 Å². The molecule has 0 aromatic heterocycles. The van der Waals surface area contributed by atoms with Gasteiger partial charge in [-0.1, -0.05) is 6.07 Å². The van der Waals surface area contributed by atoms with E-state index in [0.717, 1.165) is 0 Å². The molecular formula is C17H18F2N2O3. The maximum atomic E-state index is 12.2. The third kappa shape index (κ3) is 5.75. The van der Waals surface area contributed by atoms with Crippen molar-refractivity contribution in [1.29, 1.82) is 0 Å². The molecule has 2 amide bonds. The molecule has 0 aliphatic rings. The summed E-state index contributed by atoms with van der Waals surface area (Å²) in [4.78, 5) is 11.9. The fourth-order valence-electron chi connectivity index (χ4n) is 1.93. The second-order valence-electron chi connectivity index (χ2n) is 5.18. The van der Waals surface area contributed by atoms with Gasteiger partial charge >= 0.3 is 12.6 Å². The number of nitrogens with one attached hydrogen (secondary N) is 2. The average Bonchev–Trinajstić information content (AvgIpc) is 2.48. The van der Waals surface area contributed by atoms with E-state index in [1.165, 1.54) is 18.2 Å². The van der Waals surface area contributed by atoms with Crippen molar-refractivity contribution in [1.82, 2.24) is 0 Å². The Labute approximate surface area is 138 Å². The molecular weight excluding hydrogens is 318 g/mol. The minimum atomic E-state index is -2.92. The van der Waals surface area contributed by atoms with Crippen LogP contribution in [-0.4, -0.2) is 18.7 Å². The molecule has 0 saturated heterocycles. The molecule has 2 aromatic carbocycles. The van der Waals surface area contributed by atoms with E-state index in [4.69, 9.17) is 4.74 Å². The summed E-state index contributed by atoms with van der Waals surface area (Å²) in [5.74, 6) is 0.672. The van der Waals surface area contributed by atoms with E-state index >= 15 is 0 Å². The largest absolute Gasteiger partial charge is 0.491 e. The van der Waals surface area contributed by atoms with E-state index < -0.39 is 12.6 Å². The van der Waals surface area contributed by atoms with Gasteiger partial charge in [-0.25, -0.2) is 4.79 Å². The molecule has 0 atom stereocenters. The Kier molecular flexibility index (Phi) is 5.95. The molecule has 128 valence electrons. The first-order valence-electron chi connectivity index (χ1n) is 7.32. The fraction of sp³-hybridized carbons (Fsp3) is 0.235. The Balaban J connectivity index is 1.93. The number of rotatable bonds is 6. The van der Waals surface area contributed by atoms with Gasteiger partial charge in [-0.05, 0) is 50.2 Å². The van der Waals surface area contributed by atoms with Crippen molar-refractivity contribution < 1.29 is 23.0 Å². The summed E-state index contributed by atoms with van der Waals surface area (Å²) in [6, 6.07) is 12.2. The third-order valence-corrected chi connectivity index (χ3v) is 2.80. The van der Waals surface area contributed by atoms with Crippen molar-refractivity contribution in [2.24, 2.45) is 0 Å². The van der Waals surface area contributed by atoms with Gasteiger partial charge in [0.05, 0.1) is 6.10 Å². The van der Waals surface area contributed by atoms with Crippen LogP contribution in [0.15, 0.2) is 48.5 Å². The number of urea groups is 1. The Bertz CT molecular complexity index is 676. The zero-order valence-corrected chi connectivity index (χ0v) is 13.3. The van der Waals surface area contributed by atoms with Crippen LogP contribution in [0.5, 0.6) is 11.5 Å². The minimum absolute atomic E-state index is 0.0296. The maximum absolute atomic E-state index is 12.2. The van der Waals surface area contributed by atoms with Gasteiger partial charge in [-0.2, -0.15) is 8.78 Å². The number of halogens is 2. The lowest BCUT2D eigenvalue weighted by Crippen LogP contribution is -2.19. The third-order valence-electron chi connectivity index (χ3n) is 2.80. The molecule has 2 N–H and O–H groups in total. The van der Waals surface area contributed by atoms with Crippen molar-refractivity contribution >= 4 is 17.4 Å². The number of carbonyl (C=O) groups is 1. The molecule has 0 fully saturated rings. The standard InChI is InChI=1S/C17H18F2N2O3/c1-11(2)23-14-8-6-12(7-9-14)20-17(22)21-13-4-3-5-15(10-13)24-16(18)19/h3-11,16H,1-2H3,(H2,20,21,22). The van der Waals surface area contributed by atoms with Gasteiger partial charge in [0.1, 0.15) is 11.5 Å². The minimum Gasteiger partial charge on any atom is -0.491 e. The molecule has 0 spiro atoms. The summed E-state index contributed by atoms with van der Waals surface area (Å²) in [5.41, 5.74) is 0.911. The van der Waals surface area contributed by atoms with Gasteiger partial charge in [-0.3, -0.25) is 0 Å². The Morgan fingerprint density at radius 1 is 0.917 bits per heavy atom. The quantitative estimate of drug-likeness (QED) is 0.802. The number of anilines is 2. The molecule has 7 heteroatoms. The molecule has 0 bridgehead atoms. The van der Waals surface area contributed by atoms with Crippen LogP contribution in [0.4, 0.5) is 25.0 Å². The van der Waals surface area contributed by atoms with Gasteiger partial charge in [0.15, 0.2) is 0 Å². The van der Waals surface area contributed by atoms with Crippen LogP contribution < -0.4 is 20.1 Å². The second kappa shape index (κ2) is 8.14. The van der Waals surface area contributed by atoms with Crippen LogP contribution in [0, 0.1) is 0 Å². The Morgan fingerprint density at radius 3 is 2.21 bits per heavy atom. The molecule has 2 aromatic rings.